The molecule has 0 spiro atoms. The van der Waals surface area contributed by atoms with E-state index >= 15 is 0 Å². The molecule has 1 nitrogen and oxygen atoms in total. The molecular weight excluding hydrogens is 326 g/mol. The van der Waals surface area contributed by atoms with Crippen molar-refractivity contribution in [2.45, 2.75) is 45.6 Å². The summed E-state index contributed by atoms with van der Waals surface area (Å²) in [5.41, 5.74) is 8.55. The van der Waals surface area contributed by atoms with Crippen molar-refractivity contribution >= 4 is 11.6 Å². The molecule has 1 aromatic heterocycles. The van der Waals surface area contributed by atoms with E-state index < -0.39 is 0 Å². The second kappa shape index (κ2) is 6.72. The third-order valence-corrected chi connectivity index (χ3v) is 5.81. The van der Waals surface area contributed by atoms with Crippen molar-refractivity contribution in [3.8, 4) is 11.1 Å². The zero-order valence-corrected chi connectivity index (χ0v) is 15.7. The zero-order valence-electron chi connectivity index (χ0n) is 14.9. The number of aromatic nitrogens is 1. The fraction of sp³-hybridized carbons (Fsp3) is 0.304. The van der Waals surface area contributed by atoms with Crippen molar-refractivity contribution in [2.24, 2.45) is 0 Å². The number of hydrogen-bond donors (Lipinski definition) is 0. The van der Waals surface area contributed by atoms with Gasteiger partial charge in [-0.2, -0.15) is 0 Å². The molecule has 0 bridgehead atoms. The van der Waals surface area contributed by atoms with Crippen molar-refractivity contribution in [3.05, 3.63) is 82.1 Å². The summed E-state index contributed by atoms with van der Waals surface area (Å²) < 4.78 is 2.58. The highest BCUT2D eigenvalue weighted by molar-refractivity contribution is 6.30. The van der Waals surface area contributed by atoms with Crippen LogP contribution in [0.5, 0.6) is 0 Å². The van der Waals surface area contributed by atoms with E-state index in [0.29, 0.717) is 6.04 Å². The summed E-state index contributed by atoms with van der Waals surface area (Å²) in [7, 11) is 0. The van der Waals surface area contributed by atoms with Gasteiger partial charge in [0.25, 0.3) is 0 Å². The van der Waals surface area contributed by atoms with E-state index in [-0.39, 0.29) is 0 Å². The van der Waals surface area contributed by atoms with Gasteiger partial charge in [-0.3, -0.25) is 0 Å². The number of nitrogens with zero attached hydrogens (tertiary/aromatic N) is 1. The molecule has 1 aliphatic rings. The smallest absolute Gasteiger partial charge is 0.0557 e. The Morgan fingerprint density at radius 2 is 1.60 bits per heavy atom. The van der Waals surface area contributed by atoms with Crippen molar-refractivity contribution in [2.75, 3.05) is 0 Å². The number of halogens is 1. The van der Waals surface area contributed by atoms with Crippen molar-refractivity contribution < 1.29 is 0 Å². The molecular formula is C23H24ClN. The van der Waals surface area contributed by atoms with E-state index in [2.05, 4.69) is 60.9 Å². The largest absolute Gasteiger partial charge is 0.341 e. The third kappa shape index (κ3) is 2.91. The predicted molar refractivity (Wildman–Crippen MR) is 107 cm³/mol. The minimum absolute atomic E-state index is 0.356. The summed E-state index contributed by atoms with van der Waals surface area (Å²) in [5, 5.41) is 0.798. The van der Waals surface area contributed by atoms with Crippen LogP contribution in [-0.2, 0) is 12.8 Å². The molecule has 0 unspecified atom stereocenters. The van der Waals surface area contributed by atoms with Crippen LogP contribution in [-0.4, -0.2) is 4.57 Å². The van der Waals surface area contributed by atoms with E-state index in [4.69, 9.17) is 11.6 Å². The fourth-order valence-corrected chi connectivity index (χ4v) is 4.50. The van der Waals surface area contributed by atoms with Gasteiger partial charge in [0.2, 0.25) is 0 Å². The van der Waals surface area contributed by atoms with E-state index in [9.17, 15) is 0 Å². The first-order valence-corrected chi connectivity index (χ1v) is 9.58. The van der Waals surface area contributed by atoms with Gasteiger partial charge in [0.05, 0.1) is 6.04 Å². The number of benzene rings is 2. The van der Waals surface area contributed by atoms with Crippen LogP contribution in [0, 0.1) is 6.92 Å². The van der Waals surface area contributed by atoms with Gasteiger partial charge in [-0.25, -0.2) is 0 Å². The van der Waals surface area contributed by atoms with Gasteiger partial charge >= 0.3 is 0 Å². The zero-order chi connectivity index (χ0) is 17.4. The highest BCUT2D eigenvalue weighted by atomic mass is 35.5. The normalized spacial score (nSPS) is 15.0. The second-order valence-electron chi connectivity index (χ2n) is 7.06. The van der Waals surface area contributed by atoms with Gasteiger partial charge in [-0.05, 0) is 68.4 Å². The molecule has 0 N–H and O–H groups in total. The molecule has 2 heteroatoms. The maximum absolute atomic E-state index is 6.11. The highest BCUT2D eigenvalue weighted by Crippen LogP contribution is 2.40. The fourth-order valence-electron chi connectivity index (χ4n) is 4.37. The Hall–Kier alpha value is -1.99. The minimum Gasteiger partial charge on any atom is -0.341 e. The minimum atomic E-state index is 0.356. The Kier molecular flexibility index (Phi) is 4.43. The summed E-state index contributed by atoms with van der Waals surface area (Å²) in [6, 6.07) is 19.5. The lowest BCUT2D eigenvalue weighted by Crippen LogP contribution is -2.14. The predicted octanol–water partition coefficient (Wildman–Crippen LogP) is 6.61. The molecule has 2 aromatic carbocycles. The van der Waals surface area contributed by atoms with Crippen molar-refractivity contribution in [1.82, 2.24) is 4.57 Å². The quantitative estimate of drug-likeness (QED) is 0.501. The topological polar surface area (TPSA) is 4.93 Å². The molecule has 0 aliphatic heterocycles. The molecule has 0 amide bonds. The Morgan fingerprint density at radius 3 is 2.32 bits per heavy atom. The van der Waals surface area contributed by atoms with Crippen molar-refractivity contribution in [3.63, 3.8) is 0 Å². The standard InChI is InChI=1S/C23H24ClN/c1-16(18-8-4-3-5-9-18)25-17(2)23(19-12-14-20(24)15-13-19)21-10-6-7-11-22(21)25/h3-5,8-9,12-16H,6-7,10-11H2,1-2H3/t16-/m1/s1. The first-order chi connectivity index (χ1) is 12.2. The molecule has 0 radical (unpaired) electrons. The van der Waals surface area contributed by atoms with Crippen LogP contribution in [0.4, 0.5) is 0 Å². The van der Waals surface area contributed by atoms with Crippen LogP contribution in [0.15, 0.2) is 54.6 Å². The molecule has 4 rings (SSSR count). The molecule has 3 aromatic rings. The maximum Gasteiger partial charge on any atom is 0.0557 e. The first-order valence-electron chi connectivity index (χ1n) is 9.20. The summed E-state index contributed by atoms with van der Waals surface area (Å²) in [6.45, 7) is 4.60. The Morgan fingerprint density at radius 1 is 0.920 bits per heavy atom. The molecule has 128 valence electrons. The summed E-state index contributed by atoms with van der Waals surface area (Å²) in [5.74, 6) is 0. The number of hydrogen-bond acceptors (Lipinski definition) is 0. The van der Waals surface area contributed by atoms with Gasteiger partial charge in [-0.15, -0.1) is 0 Å². The maximum atomic E-state index is 6.11. The SMILES string of the molecule is Cc1c(-c2ccc(Cl)cc2)c2c(n1[C@H](C)c1ccccc1)CCCC2. The molecule has 0 saturated carbocycles. The van der Waals surface area contributed by atoms with Gasteiger partial charge < -0.3 is 4.57 Å². The molecule has 1 aliphatic carbocycles. The van der Waals surface area contributed by atoms with Crippen molar-refractivity contribution in [1.29, 1.82) is 0 Å². The highest BCUT2D eigenvalue weighted by Gasteiger charge is 2.26. The van der Waals surface area contributed by atoms with Crippen LogP contribution >= 0.6 is 11.6 Å². The first kappa shape index (κ1) is 16.5. The van der Waals surface area contributed by atoms with E-state index in [0.717, 1.165) is 5.02 Å². The Balaban J connectivity index is 1.89. The third-order valence-electron chi connectivity index (χ3n) is 5.56. The van der Waals surface area contributed by atoms with Gasteiger partial charge in [-0.1, -0.05) is 54.1 Å². The lowest BCUT2D eigenvalue weighted by molar-refractivity contribution is 0.563. The Bertz CT molecular complexity index is 875. The van der Waals surface area contributed by atoms with E-state index in [1.165, 1.54) is 53.8 Å². The molecule has 1 atom stereocenters. The molecule has 1 heterocycles. The summed E-state index contributed by atoms with van der Waals surface area (Å²) >= 11 is 6.11. The van der Waals surface area contributed by atoms with Crippen LogP contribution in [0.3, 0.4) is 0 Å². The Labute approximate surface area is 155 Å². The van der Waals surface area contributed by atoms with Gasteiger partial charge in [0.15, 0.2) is 0 Å². The lowest BCUT2D eigenvalue weighted by Gasteiger charge is -2.22. The van der Waals surface area contributed by atoms with Gasteiger partial charge in [0, 0.05) is 22.0 Å². The van der Waals surface area contributed by atoms with Gasteiger partial charge in [0.1, 0.15) is 0 Å². The second-order valence-corrected chi connectivity index (χ2v) is 7.49. The monoisotopic (exact) mass is 349 g/mol. The molecule has 0 fully saturated rings. The van der Waals surface area contributed by atoms with E-state index in [1.807, 2.05) is 12.1 Å². The van der Waals surface area contributed by atoms with Crippen LogP contribution in [0.1, 0.15) is 48.3 Å². The van der Waals surface area contributed by atoms with Crippen LogP contribution in [0.2, 0.25) is 5.02 Å². The van der Waals surface area contributed by atoms with E-state index in [1.54, 1.807) is 5.56 Å². The number of rotatable bonds is 3. The van der Waals surface area contributed by atoms with Crippen LogP contribution in [0.25, 0.3) is 11.1 Å². The average molecular weight is 350 g/mol. The van der Waals surface area contributed by atoms with Crippen LogP contribution < -0.4 is 0 Å². The molecule has 0 saturated heterocycles. The summed E-state index contributed by atoms with van der Waals surface area (Å²) in [6.07, 6.45) is 4.94. The average Bonchev–Trinajstić information content (AvgIpc) is 2.94. The number of fused-ring (bicyclic) bond motifs is 1. The molecule has 25 heavy (non-hydrogen) atoms. The summed E-state index contributed by atoms with van der Waals surface area (Å²) in [4.78, 5) is 0. The lowest BCUT2D eigenvalue weighted by atomic mass is 9.91.